The summed E-state index contributed by atoms with van der Waals surface area (Å²) in [5.41, 5.74) is 2.03. The second kappa shape index (κ2) is 9.47. The summed E-state index contributed by atoms with van der Waals surface area (Å²) in [6, 6.07) is 13.8. The van der Waals surface area contributed by atoms with Crippen molar-refractivity contribution in [3.8, 4) is 17.3 Å². The summed E-state index contributed by atoms with van der Waals surface area (Å²) in [7, 11) is 3.09. The lowest BCUT2D eigenvalue weighted by molar-refractivity contribution is 0.262. The molecule has 3 N–H and O–H groups in total. The largest absolute Gasteiger partial charge is 0.493 e. The summed E-state index contributed by atoms with van der Waals surface area (Å²) in [5.74, 6) is 2.45. The molecule has 162 valence electrons. The average Bonchev–Trinajstić information content (AvgIpc) is 3.35. The van der Waals surface area contributed by atoms with Crippen LogP contribution in [0.15, 0.2) is 73.6 Å². The number of carbonyl (C=O) groups is 1. The minimum Gasteiger partial charge on any atom is -0.493 e. The maximum atomic E-state index is 12.3. The molecule has 0 saturated carbocycles. The number of anilines is 4. The molecule has 2 heterocycles. The second-order valence-electron chi connectivity index (χ2n) is 6.58. The number of benzene rings is 2. The lowest BCUT2D eigenvalue weighted by Crippen LogP contribution is -2.19. The third-order valence-corrected chi connectivity index (χ3v) is 4.48. The van der Waals surface area contributed by atoms with Gasteiger partial charge in [-0.3, -0.25) is 4.57 Å². The molecular weight excluding hydrogens is 410 g/mol. The number of aromatic nitrogens is 4. The van der Waals surface area contributed by atoms with Crippen molar-refractivity contribution in [3.05, 3.63) is 73.6 Å². The van der Waals surface area contributed by atoms with Crippen molar-refractivity contribution >= 4 is 28.9 Å². The van der Waals surface area contributed by atoms with Crippen molar-refractivity contribution in [2.45, 2.75) is 0 Å². The van der Waals surface area contributed by atoms with Crippen LogP contribution in [0.25, 0.3) is 5.82 Å². The van der Waals surface area contributed by atoms with Crippen molar-refractivity contribution in [1.82, 2.24) is 19.5 Å². The number of amides is 2. The predicted octanol–water partition coefficient (Wildman–Crippen LogP) is 4.07. The standard InChI is InChI=1S/C22H21N7O3/c1-31-18-8-7-17(11-19(18)32-2)28-22(30)27-16-5-3-15(4-6-16)26-20-12-21(25-13-24-20)29-10-9-23-14-29/h3-14H,1-2H3,(H,24,25,26)(H2,27,28,30). The van der Waals surface area contributed by atoms with Crippen molar-refractivity contribution in [1.29, 1.82) is 0 Å². The van der Waals surface area contributed by atoms with Crippen LogP contribution in [0, 0.1) is 0 Å². The molecule has 0 radical (unpaired) electrons. The Hall–Kier alpha value is -4.60. The topological polar surface area (TPSA) is 115 Å². The Morgan fingerprint density at radius 1 is 0.875 bits per heavy atom. The molecule has 0 fully saturated rings. The van der Waals surface area contributed by atoms with Gasteiger partial charge < -0.3 is 25.4 Å². The minimum absolute atomic E-state index is 0.376. The summed E-state index contributed by atoms with van der Waals surface area (Å²) < 4.78 is 12.2. The molecule has 2 aromatic carbocycles. The zero-order valence-corrected chi connectivity index (χ0v) is 17.4. The first-order valence-corrected chi connectivity index (χ1v) is 9.62. The zero-order valence-electron chi connectivity index (χ0n) is 17.4. The maximum Gasteiger partial charge on any atom is 0.323 e. The Balaban J connectivity index is 1.37. The lowest BCUT2D eigenvalue weighted by Gasteiger charge is -2.12. The van der Waals surface area contributed by atoms with Crippen molar-refractivity contribution < 1.29 is 14.3 Å². The lowest BCUT2D eigenvalue weighted by atomic mass is 10.2. The molecule has 0 spiro atoms. The van der Waals surface area contributed by atoms with E-state index in [1.54, 1.807) is 60.7 Å². The van der Waals surface area contributed by atoms with Crippen LogP contribution in [0.5, 0.6) is 11.5 Å². The van der Waals surface area contributed by atoms with Gasteiger partial charge in [0.1, 0.15) is 24.3 Å². The molecule has 32 heavy (non-hydrogen) atoms. The van der Waals surface area contributed by atoms with Crippen molar-refractivity contribution in [3.63, 3.8) is 0 Å². The highest BCUT2D eigenvalue weighted by atomic mass is 16.5. The number of carbonyl (C=O) groups excluding carboxylic acids is 1. The molecule has 4 aromatic rings. The number of ether oxygens (including phenoxy) is 2. The minimum atomic E-state index is -0.376. The third-order valence-electron chi connectivity index (χ3n) is 4.48. The van der Waals surface area contributed by atoms with Gasteiger partial charge in [0.05, 0.1) is 14.2 Å². The number of methoxy groups -OCH3 is 2. The summed E-state index contributed by atoms with van der Waals surface area (Å²) in [6.45, 7) is 0. The van der Waals surface area contributed by atoms with Gasteiger partial charge in [-0.2, -0.15) is 0 Å². The van der Waals surface area contributed by atoms with Crippen LogP contribution >= 0.6 is 0 Å². The molecular formula is C22H21N7O3. The summed E-state index contributed by atoms with van der Waals surface area (Å²) >= 11 is 0. The van der Waals surface area contributed by atoms with Crippen LogP contribution in [0.1, 0.15) is 0 Å². The van der Waals surface area contributed by atoms with E-state index in [0.29, 0.717) is 34.5 Å². The molecule has 2 amide bonds. The monoisotopic (exact) mass is 431 g/mol. The van der Waals surface area contributed by atoms with Gasteiger partial charge in [-0.1, -0.05) is 0 Å². The van der Waals surface area contributed by atoms with Gasteiger partial charge >= 0.3 is 6.03 Å². The van der Waals surface area contributed by atoms with Crippen LogP contribution in [-0.2, 0) is 0 Å². The zero-order chi connectivity index (χ0) is 22.3. The number of hydrogen-bond donors (Lipinski definition) is 3. The molecule has 2 aromatic heterocycles. The van der Waals surface area contributed by atoms with Gasteiger partial charge in [0, 0.05) is 41.6 Å². The van der Waals surface area contributed by atoms with Gasteiger partial charge in [0.25, 0.3) is 0 Å². The number of hydrogen-bond acceptors (Lipinski definition) is 7. The first-order valence-electron chi connectivity index (χ1n) is 9.62. The van der Waals surface area contributed by atoms with Crippen LogP contribution in [0.2, 0.25) is 0 Å². The van der Waals surface area contributed by atoms with E-state index in [1.807, 2.05) is 18.2 Å². The van der Waals surface area contributed by atoms with Crippen LogP contribution in [-0.4, -0.2) is 39.8 Å². The highest BCUT2D eigenvalue weighted by Gasteiger charge is 2.08. The summed E-state index contributed by atoms with van der Waals surface area (Å²) in [6.07, 6.45) is 6.63. The quantitative estimate of drug-likeness (QED) is 0.404. The first kappa shape index (κ1) is 20.7. The molecule has 4 rings (SSSR count). The highest BCUT2D eigenvalue weighted by molar-refractivity contribution is 6.00. The number of nitrogens with zero attached hydrogens (tertiary/aromatic N) is 4. The van der Waals surface area contributed by atoms with E-state index in [2.05, 4.69) is 30.9 Å². The fourth-order valence-electron chi connectivity index (χ4n) is 2.94. The maximum absolute atomic E-state index is 12.3. The molecule has 0 aliphatic carbocycles. The van der Waals surface area contributed by atoms with Gasteiger partial charge in [-0.15, -0.1) is 0 Å². The van der Waals surface area contributed by atoms with E-state index >= 15 is 0 Å². The molecule has 0 atom stereocenters. The molecule has 0 unspecified atom stereocenters. The Morgan fingerprint density at radius 3 is 2.31 bits per heavy atom. The second-order valence-corrected chi connectivity index (χ2v) is 6.58. The fraction of sp³-hybridized carbons (Fsp3) is 0.0909. The molecule has 0 bridgehead atoms. The fourth-order valence-corrected chi connectivity index (χ4v) is 2.94. The predicted molar refractivity (Wildman–Crippen MR) is 121 cm³/mol. The smallest absolute Gasteiger partial charge is 0.323 e. The van der Waals surface area contributed by atoms with E-state index in [4.69, 9.17) is 9.47 Å². The van der Waals surface area contributed by atoms with Gasteiger partial charge in [0.2, 0.25) is 0 Å². The van der Waals surface area contributed by atoms with Crippen molar-refractivity contribution in [2.24, 2.45) is 0 Å². The summed E-state index contributed by atoms with van der Waals surface area (Å²) in [4.78, 5) is 24.8. The first-order chi connectivity index (χ1) is 15.6. The van der Waals surface area contributed by atoms with Gasteiger partial charge in [-0.25, -0.2) is 19.7 Å². The molecule has 10 nitrogen and oxygen atoms in total. The van der Waals surface area contributed by atoms with E-state index < -0.39 is 0 Å². The normalized spacial score (nSPS) is 10.3. The van der Waals surface area contributed by atoms with E-state index in [-0.39, 0.29) is 6.03 Å². The molecule has 0 aliphatic rings. The van der Waals surface area contributed by atoms with Crippen LogP contribution in [0.3, 0.4) is 0 Å². The van der Waals surface area contributed by atoms with Gasteiger partial charge in [0.15, 0.2) is 11.5 Å². The van der Waals surface area contributed by atoms with Gasteiger partial charge in [-0.05, 0) is 36.4 Å². The third kappa shape index (κ3) is 4.93. The SMILES string of the molecule is COc1ccc(NC(=O)Nc2ccc(Nc3cc(-n4ccnc4)ncn3)cc2)cc1OC. The number of imidazole rings is 1. The molecule has 10 heteroatoms. The van der Waals surface area contributed by atoms with E-state index in [9.17, 15) is 4.79 Å². The molecule has 0 aliphatic heterocycles. The Morgan fingerprint density at radius 2 is 1.59 bits per heavy atom. The average molecular weight is 431 g/mol. The van der Waals surface area contributed by atoms with Crippen LogP contribution < -0.4 is 25.4 Å². The number of nitrogens with one attached hydrogen (secondary N) is 3. The van der Waals surface area contributed by atoms with E-state index in [1.165, 1.54) is 13.4 Å². The Labute approximate surface area is 184 Å². The van der Waals surface area contributed by atoms with Crippen molar-refractivity contribution in [2.75, 3.05) is 30.2 Å². The Bertz CT molecular complexity index is 1190. The highest BCUT2D eigenvalue weighted by Crippen LogP contribution is 2.29. The molecule has 0 saturated heterocycles. The number of urea groups is 1. The van der Waals surface area contributed by atoms with E-state index in [0.717, 1.165) is 5.69 Å². The van der Waals surface area contributed by atoms with Crippen LogP contribution in [0.4, 0.5) is 27.7 Å². The number of rotatable bonds is 7. The Kier molecular flexibility index (Phi) is 6.12. The summed E-state index contributed by atoms with van der Waals surface area (Å²) in [5, 5.41) is 8.77.